The van der Waals surface area contributed by atoms with Gasteiger partial charge in [-0.25, -0.2) is 4.79 Å². The zero-order valence-corrected chi connectivity index (χ0v) is 29.2. The summed E-state index contributed by atoms with van der Waals surface area (Å²) in [6.07, 6.45) is 3.89. The summed E-state index contributed by atoms with van der Waals surface area (Å²) in [6, 6.07) is 15.7. The standard InChI is InChI=1S/C40H46N2O8/c1-25-10-13-30-32(21-25)49-33-23-27(48-37(47)38(2,3)4)12-15-31(33)40(30)29-14-11-26(22-28(29)36(46)50-40)35(45)41-18-8-6-7-9-34(44)42-19-16-39(5,24-43)17-20-42/h10-15,21-23,43H,6-9,16-20,24H2,1-5H3,(H,41,45)/i5D. The summed E-state index contributed by atoms with van der Waals surface area (Å²) in [5.74, 6) is 0.0193. The van der Waals surface area contributed by atoms with Crippen molar-refractivity contribution in [1.82, 2.24) is 10.2 Å². The second kappa shape index (κ2) is 13.5. The third kappa shape index (κ3) is 6.73. The lowest BCUT2D eigenvalue weighted by Crippen LogP contribution is -2.43. The van der Waals surface area contributed by atoms with Gasteiger partial charge < -0.3 is 29.5 Å². The number of hydrogen-bond acceptors (Lipinski definition) is 8. The minimum atomic E-state index is -1.33. The number of carbonyl (C=O) groups is 4. The molecule has 6 rings (SSSR count). The molecule has 3 heterocycles. The van der Waals surface area contributed by atoms with E-state index in [9.17, 15) is 24.3 Å². The molecule has 0 aromatic heterocycles. The Balaban J connectivity index is 1.12. The summed E-state index contributed by atoms with van der Waals surface area (Å²) in [7, 11) is 0. The van der Waals surface area contributed by atoms with E-state index in [4.69, 9.17) is 15.6 Å². The number of aryl methyl sites for hydroxylation is 1. The van der Waals surface area contributed by atoms with Crippen LogP contribution in [0.15, 0.2) is 54.6 Å². The normalized spacial score (nSPS) is 19.0. The fourth-order valence-corrected chi connectivity index (χ4v) is 6.71. The van der Waals surface area contributed by atoms with Crippen molar-refractivity contribution in [1.29, 1.82) is 0 Å². The molecule has 50 heavy (non-hydrogen) atoms. The van der Waals surface area contributed by atoms with Crippen LogP contribution in [-0.4, -0.2) is 60.0 Å². The predicted molar refractivity (Wildman–Crippen MR) is 186 cm³/mol. The van der Waals surface area contributed by atoms with E-state index in [1.54, 1.807) is 57.2 Å². The van der Waals surface area contributed by atoms with Gasteiger partial charge in [-0.3, -0.25) is 14.4 Å². The number of ether oxygens (including phenoxy) is 3. The minimum absolute atomic E-state index is 0.0152. The largest absolute Gasteiger partial charge is 0.456 e. The molecule has 1 saturated heterocycles. The molecule has 2 N–H and O–H groups in total. The quantitative estimate of drug-likeness (QED) is 0.150. The van der Waals surface area contributed by atoms with Crippen LogP contribution in [0.2, 0.25) is 0 Å². The second-order valence-electron chi connectivity index (χ2n) is 14.8. The fourth-order valence-electron chi connectivity index (χ4n) is 6.71. The number of piperidine rings is 1. The number of nitrogens with one attached hydrogen (secondary N) is 1. The van der Waals surface area contributed by atoms with Gasteiger partial charge >= 0.3 is 11.9 Å². The highest BCUT2D eigenvalue weighted by atomic mass is 16.6. The van der Waals surface area contributed by atoms with Crippen LogP contribution in [0.3, 0.4) is 0 Å². The summed E-state index contributed by atoms with van der Waals surface area (Å²) in [5.41, 5.74) is 0.932. The van der Waals surface area contributed by atoms with Crippen molar-refractivity contribution in [3.8, 4) is 17.2 Å². The Kier molecular flexibility index (Phi) is 9.15. The molecule has 3 aromatic carbocycles. The highest BCUT2D eigenvalue weighted by Gasteiger charge is 2.53. The number of likely N-dealkylation sites (tertiary alicyclic amines) is 1. The first-order valence-electron chi connectivity index (χ1n) is 18.0. The van der Waals surface area contributed by atoms with Gasteiger partial charge in [0.1, 0.15) is 17.2 Å². The Labute approximate surface area is 294 Å². The van der Waals surface area contributed by atoms with E-state index in [2.05, 4.69) is 5.32 Å². The van der Waals surface area contributed by atoms with Crippen molar-refractivity contribution in [2.45, 2.75) is 78.7 Å². The number of hydrogen-bond donors (Lipinski definition) is 2. The predicted octanol–water partition coefficient (Wildman–Crippen LogP) is 6.43. The molecule has 1 atom stereocenters. The maximum Gasteiger partial charge on any atom is 0.340 e. The van der Waals surface area contributed by atoms with E-state index in [0.717, 1.165) is 12.0 Å². The van der Waals surface area contributed by atoms with Crippen LogP contribution in [0, 0.1) is 17.8 Å². The van der Waals surface area contributed by atoms with Crippen molar-refractivity contribution in [3.63, 3.8) is 0 Å². The third-order valence-corrected chi connectivity index (χ3v) is 9.88. The van der Waals surface area contributed by atoms with E-state index in [-0.39, 0.29) is 36.3 Å². The Hall–Kier alpha value is -4.70. The second-order valence-corrected chi connectivity index (χ2v) is 14.8. The van der Waals surface area contributed by atoms with Gasteiger partial charge in [0.15, 0.2) is 5.60 Å². The van der Waals surface area contributed by atoms with Gasteiger partial charge in [0.05, 0.1) is 11.0 Å². The molecular weight excluding hydrogens is 636 g/mol. The van der Waals surface area contributed by atoms with E-state index in [0.29, 0.717) is 91.2 Å². The van der Waals surface area contributed by atoms with E-state index in [1.165, 1.54) is 0 Å². The van der Waals surface area contributed by atoms with Gasteiger partial charge in [0, 0.05) is 62.4 Å². The Morgan fingerprint density at radius 3 is 2.36 bits per heavy atom. The number of esters is 2. The topological polar surface area (TPSA) is 131 Å². The highest BCUT2D eigenvalue weighted by molar-refractivity contribution is 6.01. The summed E-state index contributed by atoms with van der Waals surface area (Å²) in [4.78, 5) is 53.9. The number of unbranched alkanes of at least 4 members (excludes halogenated alkanes) is 2. The maximum atomic E-state index is 13.6. The first-order chi connectivity index (χ1) is 24.3. The van der Waals surface area contributed by atoms with Crippen LogP contribution in [-0.2, 0) is 19.9 Å². The number of amides is 2. The Morgan fingerprint density at radius 2 is 1.66 bits per heavy atom. The maximum absolute atomic E-state index is 13.6. The average Bonchev–Trinajstić information content (AvgIpc) is 3.40. The molecule has 1 spiro atoms. The zero-order chi connectivity index (χ0) is 36.6. The van der Waals surface area contributed by atoms with Gasteiger partial charge in [-0.2, -0.15) is 0 Å². The summed E-state index contributed by atoms with van der Waals surface area (Å²) in [6.45, 7) is 8.98. The SMILES string of the molecule is [2H]CC1(CO)CCN(C(=O)CCCCCNC(=O)c2ccc3c(c2)C(=O)OC32c3ccc(C)cc3Oc3cc(OC(=O)C(C)(C)C)ccc32)CC1. The monoisotopic (exact) mass is 683 g/mol. The van der Waals surface area contributed by atoms with E-state index >= 15 is 0 Å². The van der Waals surface area contributed by atoms with Gasteiger partial charge in [-0.1, -0.05) is 31.5 Å². The van der Waals surface area contributed by atoms with Gasteiger partial charge in [-0.05, 0) is 94.7 Å². The molecule has 0 aliphatic carbocycles. The van der Waals surface area contributed by atoms with E-state index in [1.807, 2.05) is 30.0 Å². The lowest BCUT2D eigenvalue weighted by molar-refractivity contribution is -0.143. The molecule has 0 bridgehead atoms. The lowest BCUT2D eigenvalue weighted by atomic mass is 9.77. The molecule has 264 valence electrons. The van der Waals surface area contributed by atoms with Crippen molar-refractivity contribution >= 4 is 23.8 Å². The third-order valence-electron chi connectivity index (χ3n) is 9.88. The Bertz CT molecular complexity index is 1850. The fraction of sp³-hybridized carbons (Fsp3) is 0.450. The van der Waals surface area contributed by atoms with Gasteiger partial charge in [0.25, 0.3) is 5.91 Å². The first-order valence-corrected chi connectivity index (χ1v) is 17.3. The number of aliphatic hydroxyl groups excluding tert-OH is 1. The molecule has 3 aliphatic heterocycles. The number of nitrogens with zero attached hydrogens (tertiary/aromatic N) is 1. The number of aliphatic hydroxyl groups is 1. The summed E-state index contributed by atoms with van der Waals surface area (Å²) < 4.78 is 25.9. The average molecular weight is 684 g/mol. The van der Waals surface area contributed by atoms with Crippen LogP contribution in [0.1, 0.15) is 111 Å². The smallest absolute Gasteiger partial charge is 0.340 e. The minimum Gasteiger partial charge on any atom is -0.456 e. The molecule has 0 saturated carbocycles. The van der Waals surface area contributed by atoms with Crippen molar-refractivity contribution in [3.05, 3.63) is 88.0 Å². The molecular formula is C40H46N2O8. The molecule has 3 aromatic rings. The van der Waals surface area contributed by atoms with Gasteiger partial charge in [0.2, 0.25) is 5.91 Å². The van der Waals surface area contributed by atoms with Crippen molar-refractivity contribution < 1.29 is 39.9 Å². The molecule has 2 amide bonds. The van der Waals surface area contributed by atoms with Crippen LogP contribution in [0.4, 0.5) is 0 Å². The van der Waals surface area contributed by atoms with Crippen LogP contribution < -0.4 is 14.8 Å². The Morgan fingerprint density at radius 1 is 0.960 bits per heavy atom. The molecule has 0 radical (unpaired) electrons. The van der Waals surface area contributed by atoms with Crippen molar-refractivity contribution in [2.75, 3.05) is 26.2 Å². The van der Waals surface area contributed by atoms with Gasteiger partial charge in [-0.15, -0.1) is 0 Å². The summed E-state index contributed by atoms with van der Waals surface area (Å²) in [5, 5.41) is 12.6. The van der Waals surface area contributed by atoms with E-state index < -0.39 is 23.0 Å². The highest BCUT2D eigenvalue weighted by Crippen LogP contribution is 2.56. The number of carbonyl (C=O) groups excluding carboxylic acids is 4. The number of rotatable bonds is 9. The van der Waals surface area contributed by atoms with Crippen molar-refractivity contribution in [2.24, 2.45) is 10.8 Å². The molecule has 10 nitrogen and oxygen atoms in total. The molecule has 1 fully saturated rings. The lowest BCUT2D eigenvalue weighted by Gasteiger charge is -2.38. The van der Waals surface area contributed by atoms with Crippen LogP contribution in [0.25, 0.3) is 0 Å². The first kappa shape index (κ1) is 33.8. The number of benzene rings is 3. The summed E-state index contributed by atoms with van der Waals surface area (Å²) >= 11 is 0. The molecule has 1 unspecified atom stereocenters. The molecule has 10 heteroatoms. The van der Waals surface area contributed by atoms with Crippen LogP contribution >= 0.6 is 0 Å². The zero-order valence-electron chi connectivity index (χ0n) is 30.2. The van der Waals surface area contributed by atoms with Crippen LogP contribution in [0.5, 0.6) is 17.2 Å². The molecule has 3 aliphatic rings. The number of fused-ring (bicyclic) bond motifs is 6.